The summed E-state index contributed by atoms with van der Waals surface area (Å²) in [4.78, 5) is 27.5. The highest BCUT2D eigenvalue weighted by atomic mass is 16.2. The molecule has 0 spiro atoms. The van der Waals surface area contributed by atoms with E-state index in [1.807, 2.05) is 6.92 Å². The monoisotopic (exact) mass is 279 g/mol. The Labute approximate surface area is 118 Å². The number of nitrogen functional groups attached to an aromatic ring is 1. The Morgan fingerprint density at radius 1 is 1.25 bits per heavy atom. The van der Waals surface area contributed by atoms with Crippen molar-refractivity contribution in [1.82, 2.24) is 19.7 Å². The zero-order valence-corrected chi connectivity index (χ0v) is 11.9. The summed E-state index contributed by atoms with van der Waals surface area (Å²) < 4.78 is 1.73. The molecule has 110 valence electrons. The van der Waals surface area contributed by atoms with Crippen LogP contribution in [-0.2, 0) is 7.05 Å². The standard InChI is InChI=1S/C13H21N5O2/c1-3-15-13(20)18-6-4-17(5-7-18)12(19)11-8-10(14)9-16(11)2/h8-9H,3-7,14H2,1-2H3,(H,15,20). The third-order valence-electron chi connectivity index (χ3n) is 3.43. The molecule has 1 fully saturated rings. The van der Waals surface area contributed by atoms with E-state index in [4.69, 9.17) is 5.73 Å². The molecule has 0 unspecified atom stereocenters. The second-order valence-corrected chi connectivity index (χ2v) is 4.88. The van der Waals surface area contributed by atoms with Crippen LogP contribution in [0.2, 0.25) is 0 Å². The summed E-state index contributed by atoms with van der Waals surface area (Å²) in [6.07, 6.45) is 1.72. The van der Waals surface area contributed by atoms with E-state index < -0.39 is 0 Å². The molecule has 0 bridgehead atoms. The molecule has 1 aliphatic rings. The maximum Gasteiger partial charge on any atom is 0.317 e. The summed E-state index contributed by atoms with van der Waals surface area (Å²) in [6.45, 7) is 4.69. The van der Waals surface area contributed by atoms with Gasteiger partial charge in [-0.25, -0.2) is 4.79 Å². The van der Waals surface area contributed by atoms with E-state index in [0.717, 1.165) is 0 Å². The van der Waals surface area contributed by atoms with Crippen molar-refractivity contribution >= 4 is 17.6 Å². The number of piperazine rings is 1. The highest BCUT2D eigenvalue weighted by molar-refractivity contribution is 5.94. The molecule has 20 heavy (non-hydrogen) atoms. The minimum atomic E-state index is -0.0669. The van der Waals surface area contributed by atoms with E-state index >= 15 is 0 Å². The van der Waals surface area contributed by atoms with E-state index in [1.54, 1.807) is 33.7 Å². The van der Waals surface area contributed by atoms with Crippen LogP contribution in [0.15, 0.2) is 12.3 Å². The number of nitrogens with one attached hydrogen (secondary N) is 1. The molecule has 3 N–H and O–H groups in total. The molecule has 1 aromatic heterocycles. The van der Waals surface area contributed by atoms with Crippen molar-refractivity contribution in [2.75, 3.05) is 38.5 Å². The Balaban J connectivity index is 1.95. The summed E-state index contributed by atoms with van der Waals surface area (Å²) in [7, 11) is 1.80. The summed E-state index contributed by atoms with van der Waals surface area (Å²) >= 11 is 0. The fourth-order valence-corrected chi connectivity index (χ4v) is 2.34. The fourth-order valence-electron chi connectivity index (χ4n) is 2.34. The first-order valence-electron chi connectivity index (χ1n) is 6.76. The predicted octanol–water partition coefficient (Wildman–Crippen LogP) is 0.0946. The third-order valence-corrected chi connectivity index (χ3v) is 3.43. The number of carbonyl (C=O) groups is 2. The van der Waals surface area contributed by atoms with Crippen LogP contribution >= 0.6 is 0 Å². The van der Waals surface area contributed by atoms with E-state index in [9.17, 15) is 9.59 Å². The lowest BCUT2D eigenvalue weighted by Crippen LogP contribution is -2.53. The molecule has 7 heteroatoms. The molecule has 0 atom stereocenters. The average Bonchev–Trinajstić information content (AvgIpc) is 2.77. The third kappa shape index (κ3) is 2.87. The fraction of sp³-hybridized carbons (Fsp3) is 0.538. The van der Waals surface area contributed by atoms with Gasteiger partial charge in [0.2, 0.25) is 0 Å². The quantitative estimate of drug-likeness (QED) is 0.805. The second-order valence-electron chi connectivity index (χ2n) is 4.88. The minimum absolute atomic E-state index is 0.0419. The van der Waals surface area contributed by atoms with Crippen molar-refractivity contribution in [3.8, 4) is 0 Å². The van der Waals surface area contributed by atoms with Gasteiger partial charge in [-0.05, 0) is 13.0 Å². The SMILES string of the molecule is CCNC(=O)N1CCN(C(=O)c2cc(N)cn2C)CC1. The number of amides is 3. The largest absolute Gasteiger partial charge is 0.397 e. The Bertz CT molecular complexity index is 503. The van der Waals surface area contributed by atoms with E-state index in [-0.39, 0.29) is 11.9 Å². The van der Waals surface area contributed by atoms with E-state index in [0.29, 0.717) is 44.1 Å². The molecule has 1 aliphatic heterocycles. The molecule has 3 amide bonds. The van der Waals surface area contributed by atoms with Crippen molar-refractivity contribution in [3.63, 3.8) is 0 Å². The smallest absolute Gasteiger partial charge is 0.317 e. The first-order chi connectivity index (χ1) is 9.52. The van der Waals surface area contributed by atoms with Crippen molar-refractivity contribution in [2.24, 2.45) is 7.05 Å². The number of carbonyl (C=O) groups excluding carboxylic acids is 2. The van der Waals surface area contributed by atoms with Crippen molar-refractivity contribution in [2.45, 2.75) is 6.92 Å². The van der Waals surface area contributed by atoms with Gasteiger partial charge < -0.3 is 25.4 Å². The van der Waals surface area contributed by atoms with Gasteiger partial charge in [0.05, 0.1) is 5.69 Å². The van der Waals surface area contributed by atoms with Gasteiger partial charge in [0.1, 0.15) is 5.69 Å². The van der Waals surface area contributed by atoms with Gasteiger partial charge in [0.15, 0.2) is 0 Å². The number of hydrogen-bond acceptors (Lipinski definition) is 3. The molecule has 0 aromatic carbocycles. The summed E-state index contributed by atoms with van der Waals surface area (Å²) in [5.41, 5.74) is 6.85. The molecule has 1 aromatic rings. The average molecular weight is 279 g/mol. The lowest BCUT2D eigenvalue weighted by molar-refractivity contribution is 0.0656. The number of aromatic nitrogens is 1. The van der Waals surface area contributed by atoms with Crippen molar-refractivity contribution in [1.29, 1.82) is 0 Å². The molecule has 0 radical (unpaired) electrons. The Kier molecular flexibility index (Phi) is 4.16. The Morgan fingerprint density at radius 2 is 1.85 bits per heavy atom. The topological polar surface area (TPSA) is 83.6 Å². The number of nitrogens with zero attached hydrogens (tertiary/aromatic N) is 3. The van der Waals surface area contributed by atoms with Crippen LogP contribution in [0.1, 0.15) is 17.4 Å². The van der Waals surface area contributed by atoms with Crippen LogP contribution in [0, 0.1) is 0 Å². The highest BCUT2D eigenvalue weighted by Gasteiger charge is 2.25. The van der Waals surface area contributed by atoms with Gasteiger partial charge >= 0.3 is 6.03 Å². The molecule has 0 saturated carbocycles. The zero-order chi connectivity index (χ0) is 14.7. The van der Waals surface area contributed by atoms with Gasteiger partial charge in [-0.1, -0.05) is 0 Å². The van der Waals surface area contributed by atoms with Crippen molar-refractivity contribution in [3.05, 3.63) is 18.0 Å². The van der Waals surface area contributed by atoms with Crippen LogP contribution in [0.5, 0.6) is 0 Å². The van der Waals surface area contributed by atoms with Gasteiger partial charge in [-0.2, -0.15) is 0 Å². The maximum absolute atomic E-state index is 12.4. The van der Waals surface area contributed by atoms with E-state index in [2.05, 4.69) is 5.32 Å². The number of urea groups is 1. The zero-order valence-electron chi connectivity index (χ0n) is 11.9. The van der Waals surface area contributed by atoms with Gasteiger partial charge in [0.25, 0.3) is 5.91 Å². The number of nitrogens with two attached hydrogens (primary N) is 1. The van der Waals surface area contributed by atoms with Crippen LogP contribution in [-0.4, -0.2) is 59.0 Å². The molecule has 0 aliphatic carbocycles. The second kappa shape index (κ2) is 5.85. The van der Waals surface area contributed by atoms with Gasteiger partial charge in [-0.15, -0.1) is 0 Å². The highest BCUT2D eigenvalue weighted by Crippen LogP contribution is 2.13. The lowest BCUT2D eigenvalue weighted by atomic mass is 10.3. The van der Waals surface area contributed by atoms with Crippen LogP contribution in [0.3, 0.4) is 0 Å². The molecular formula is C13H21N5O2. The normalized spacial score (nSPS) is 15.3. The number of rotatable bonds is 2. The molecule has 7 nitrogen and oxygen atoms in total. The first-order valence-corrected chi connectivity index (χ1v) is 6.76. The molecule has 2 rings (SSSR count). The number of anilines is 1. The van der Waals surface area contributed by atoms with Crippen LogP contribution in [0.4, 0.5) is 10.5 Å². The van der Waals surface area contributed by atoms with Gasteiger partial charge in [-0.3, -0.25) is 4.79 Å². The van der Waals surface area contributed by atoms with Crippen molar-refractivity contribution < 1.29 is 9.59 Å². The van der Waals surface area contributed by atoms with Crippen LogP contribution in [0.25, 0.3) is 0 Å². The maximum atomic E-state index is 12.4. The van der Waals surface area contributed by atoms with E-state index in [1.165, 1.54) is 0 Å². The molecular weight excluding hydrogens is 258 g/mol. The summed E-state index contributed by atoms with van der Waals surface area (Å²) in [5, 5.41) is 2.77. The Hall–Kier alpha value is -2.18. The molecule has 1 saturated heterocycles. The molecule has 2 heterocycles. The summed E-state index contributed by atoms with van der Waals surface area (Å²) in [5.74, 6) is -0.0419. The number of aryl methyl sites for hydroxylation is 1. The lowest BCUT2D eigenvalue weighted by Gasteiger charge is -2.34. The Morgan fingerprint density at radius 3 is 2.35 bits per heavy atom. The minimum Gasteiger partial charge on any atom is -0.397 e. The predicted molar refractivity (Wildman–Crippen MR) is 76.4 cm³/mol. The summed E-state index contributed by atoms with van der Waals surface area (Å²) in [6, 6.07) is 1.61. The number of hydrogen-bond donors (Lipinski definition) is 2. The first kappa shape index (κ1) is 14.2. The van der Waals surface area contributed by atoms with Crippen LogP contribution < -0.4 is 11.1 Å². The van der Waals surface area contributed by atoms with Gasteiger partial charge in [0, 0.05) is 46.0 Å².